The molecule has 2 N–H and O–H groups in total. The van der Waals surface area contributed by atoms with Crippen molar-refractivity contribution in [2.75, 3.05) is 12.0 Å². The lowest BCUT2D eigenvalue weighted by Crippen LogP contribution is -2.33. The Morgan fingerprint density at radius 1 is 0.862 bits per heavy atom. The molecule has 1 atom stereocenters. The first-order valence-electron chi connectivity index (χ1n) is 11.4. The molecule has 0 aliphatic rings. The molecule has 0 saturated heterocycles. The van der Waals surface area contributed by atoms with Crippen molar-refractivity contribution in [1.29, 1.82) is 0 Å². The maximum atomic E-state index is 11.6. The van der Waals surface area contributed by atoms with Crippen molar-refractivity contribution in [3.8, 4) is 0 Å². The summed E-state index contributed by atoms with van der Waals surface area (Å²) in [6, 6.07) is -0.741. The van der Waals surface area contributed by atoms with Gasteiger partial charge in [-0.15, -0.1) is 0 Å². The number of unbranched alkanes of at least 4 members (excludes halogenated alkanes) is 11. The van der Waals surface area contributed by atoms with Gasteiger partial charge in [0.25, 0.3) is 0 Å². The van der Waals surface area contributed by atoms with Gasteiger partial charge in [0, 0.05) is 0 Å². The van der Waals surface area contributed by atoms with E-state index < -0.39 is 18.0 Å². The fraction of sp³-hybridized carbons (Fsp3) is 0.826. The standard InChI is InChI=1S/C23H43NO4S/c1-3-4-5-6-7-8-9-10-11-12-13-14-15-16-17-18-22(25)27-28-23(26)21(24)19-20-29-2/h10-11,21H,3-9,12-20,24H2,1-2H3/b11-10-. The van der Waals surface area contributed by atoms with Crippen LogP contribution >= 0.6 is 11.8 Å². The van der Waals surface area contributed by atoms with Crippen LogP contribution in [0.4, 0.5) is 0 Å². The van der Waals surface area contributed by atoms with Crippen LogP contribution in [0.3, 0.4) is 0 Å². The second-order valence-corrected chi connectivity index (χ2v) is 8.57. The summed E-state index contributed by atoms with van der Waals surface area (Å²) in [5.74, 6) is -0.427. The predicted molar refractivity (Wildman–Crippen MR) is 123 cm³/mol. The molecule has 0 aliphatic carbocycles. The summed E-state index contributed by atoms with van der Waals surface area (Å²) in [5, 5.41) is 0. The zero-order chi connectivity index (χ0) is 21.6. The van der Waals surface area contributed by atoms with Crippen LogP contribution in [0.1, 0.15) is 103 Å². The van der Waals surface area contributed by atoms with E-state index in [0.29, 0.717) is 6.42 Å². The van der Waals surface area contributed by atoms with Gasteiger partial charge in [0.1, 0.15) is 6.04 Å². The SMILES string of the molecule is CCCCCCCC/C=C\CCCCCCCC(=O)OOC(=O)C(N)CCSC. The molecule has 29 heavy (non-hydrogen) atoms. The van der Waals surface area contributed by atoms with Crippen molar-refractivity contribution >= 4 is 23.7 Å². The number of hydrogen-bond donors (Lipinski definition) is 1. The number of nitrogens with two attached hydrogens (primary N) is 1. The van der Waals surface area contributed by atoms with Crippen molar-refractivity contribution in [3.63, 3.8) is 0 Å². The van der Waals surface area contributed by atoms with Gasteiger partial charge in [0.15, 0.2) is 0 Å². The molecular formula is C23H43NO4S. The number of thioether (sulfide) groups is 1. The van der Waals surface area contributed by atoms with Gasteiger partial charge in [-0.2, -0.15) is 11.8 Å². The van der Waals surface area contributed by atoms with Crippen LogP contribution in [0.5, 0.6) is 0 Å². The molecule has 0 saturated carbocycles. The number of hydrogen-bond acceptors (Lipinski definition) is 6. The first-order chi connectivity index (χ1) is 14.1. The lowest BCUT2D eigenvalue weighted by atomic mass is 10.1. The molecule has 0 amide bonds. The summed E-state index contributed by atoms with van der Waals surface area (Å²) < 4.78 is 0. The topological polar surface area (TPSA) is 78.6 Å². The van der Waals surface area contributed by atoms with E-state index in [1.165, 1.54) is 57.8 Å². The summed E-state index contributed by atoms with van der Waals surface area (Å²) in [6.45, 7) is 2.25. The molecule has 6 heteroatoms. The molecule has 0 heterocycles. The lowest BCUT2D eigenvalue weighted by molar-refractivity contribution is -0.260. The third kappa shape index (κ3) is 20.1. The average molecular weight is 430 g/mol. The Bertz CT molecular complexity index is 429. The maximum Gasteiger partial charge on any atom is 0.372 e. The Hall–Kier alpha value is -1.01. The summed E-state index contributed by atoms with van der Waals surface area (Å²) >= 11 is 1.60. The van der Waals surface area contributed by atoms with Gasteiger partial charge < -0.3 is 5.73 Å². The molecule has 0 aromatic heterocycles. The Labute approximate surface area is 182 Å². The molecule has 0 aromatic rings. The molecular weight excluding hydrogens is 386 g/mol. The van der Waals surface area contributed by atoms with Gasteiger partial charge in [-0.3, -0.25) is 0 Å². The molecule has 0 aliphatic heterocycles. The summed E-state index contributed by atoms with van der Waals surface area (Å²) in [6.07, 6.45) is 23.0. The van der Waals surface area contributed by atoms with Crippen molar-refractivity contribution in [1.82, 2.24) is 0 Å². The van der Waals surface area contributed by atoms with E-state index in [0.717, 1.165) is 31.4 Å². The van der Waals surface area contributed by atoms with E-state index in [1.54, 1.807) is 11.8 Å². The summed E-state index contributed by atoms with van der Waals surface area (Å²) in [4.78, 5) is 32.1. The van der Waals surface area contributed by atoms with E-state index in [2.05, 4.69) is 28.9 Å². The van der Waals surface area contributed by atoms with Crippen molar-refractivity contribution in [2.45, 2.75) is 109 Å². The van der Waals surface area contributed by atoms with Crippen LogP contribution in [0, 0.1) is 0 Å². The summed E-state index contributed by atoms with van der Waals surface area (Å²) in [7, 11) is 0. The molecule has 1 unspecified atom stereocenters. The summed E-state index contributed by atoms with van der Waals surface area (Å²) in [5.41, 5.74) is 5.64. The normalized spacial score (nSPS) is 12.2. The average Bonchev–Trinajstić information content (AvgIpc) is 2.72. The molecule has 0 aromatic carbocycles. The Balaban J connectivity index is 3.40. The molecule has 0 radical (unpaired) electrons. The maximum absolute atomic E-state index is 11.6. The quantitative estimate of drug-likeness (QED) is 0.116. The Kier molecular flexibility index (Phi) is 20.9. The zero-order valence-electron chi connectivity index (χ0n) is 18.7. The first kappa shape index (κ1) is 28.0. The van der Waals surface area contributed by atoms with Crippen molar-refractivity contribution in [3.05, 3.63) is 12.2 Å². The third-order valence-corrected chi connectivity index (χ3v) is 5.44. The van der Waals surface area contributed by atoms with Crippen molar-refractivity contribution in [2.24, 2.45) is 5.73 Å². The molecule has 0 bridgehead atoms. The van der Waals surface area contributed by atoms with E-state index in [-0.39, 0.29) is 6.42 Å². The van der Waals surface area contributed by atoms with Gasteiger partial charge in [-0.1, -0.05) is 70.4 Å². The fourth-order valence-electron chi connectivity index (χ4n) is 2.89. The molecule has 5 nitrogen and oxygen atoms in total. The van der Waals surface area contributed by atoms with Crippen molar-refractivity contribution < 1.29 is 19.4 Å². The van der Waals surface area contributed by atoms with E-state index in [1.807, 2.05) is 6.26 Å². The van der Waals surface area contributed by atoms with Crippen LogP contribution in [0.2, 0.25) is 0 Å². The molecule has 0 rings (SSSR count). The minimum Gasteiger partial charge on any atom is -0.318 e. The molecule has 0 spiro atoms. The monoisotopic (exact) mass is 429 g/mol. The van der Waals surface area contributed by atoms with Crippen LogP contribution < -0.4 is 5.73 Å². The smallest absolute Gasteiger partial charge is 0.318 e. The van der Waals surface area contributed by atoms with E-state index in [4.69, 9.17) is 5.73 Å². The van der Waals surface area contributed by atoms with Gasteiger partial charge in [-0.05, 0) is 50.5 Å². The van der Waals surface area contributed by atoms with E-state index >= 15 is 0 Å². The predicted octanol–water partition coefficient (Wildman–Crippen LogP) is 6.11. The fourth-order valence-corrected chi connectivity index (χ4v) is 3.38. The van der Waals surface area contributed by atoms with Crippen LogP contribution in [0.15, 0.2) is 12.2 Å². The van der Waals surface area contributed by atoms with Crippen LogP contribution in [-0.2, 0) is 19.4 Å². The number of carbonyl (C=O) groups excluding carboxylic acids is 2. The number of rotatable bonds is 19. The zero-order valence-corrected chi connectivity index (χ0v) is 19.5. The highest BCUT2D eigenvalue weighted by atomic mass is 32.2. The molecule has 170 valence electrons. The molecule has 0 fully saturated rings. The largest absolute Gasteiger partial charge is 0.372 e. The minimum atomic E-state index is -0.741. The van der Waals surface area contributed by atoms with Gasteiger partial charge >= 0.3 is 11.9 Å². The number of carbonyl (C=O) groups is 2. The van der Waals surface area contributed by atoms with Crippen LogP contribution in [0.25, 0.3) is 0 Å². The minimum absolute atomic E-state index is 0.269. The highest BCUT2D eigenvalue weighted by molar-refractivity contribution is 7.98. The third-order valence-electron chi connectivity index (χ3n) is 4.80. The van der Waals surface area contributed by atoms with Gasteiger partial charge in [0.2, 0.25) is 0 Å². The van der Waals surface area contributed by atoms with Crippen LogP contribution in [-0.4, -0.2) is 30.0 Å². The Morgan fingerprint density at radius 3 is 2.00 bits per heavy atom. The second kappa shape index (κ2) is 21.7. The Morgan fingerprint density at radius 2 is 1.41 bits per heavy atom. The highest BCUT2D eigenvalue weighted by Gasteiger charge is 2.17. The second-order valence-electron chi connectivity index (χ2n) is 7.58. The van der Waals surface area contributed by atoms with E-state index in [9.17, 15) is 9.59 Å². The van der Waals surface area contributed by atoms with Gasteiger partial charge in [-0.25, -0.2) is 19.4 Å². The van der Waals surface area contributed by atoms with Gasteiger partial charge in [0.05, 0.1) is 6.42 Å². The lowest BCUT2D eigenvalue weighted by Gasteiger charge is -2.08. The number of allylic oxidation sites excluding steroid dienone is 2. The highest BCUT2D eigenvalue weighted by Crippen LogP contribution is 2.10. The first-order valence-corrected chi connectivity index (χ1v) is 12.8.